The smallest absolute Gasteiger partial charge is 0.406 e. The van der Waals surface area contributed by atoms with Crippen LogP contribution < -0.4 is 10.5 Å². The molecule has 4 nitrogen and oxygen atoms in total. The van der Waals surface area contributed by atoms with Crippen LogP contribution in [-0.4, -0.2) is 16.6 Å². The van der Waals surface area contributed by atoms with Crippen molar-refractivity contribution in [2.45, 2.75) is 22.9 Å². The van der Waals surface area contributed by atoms with Gasteiger partial charge in [-0.05, 0) is 24.6 Å². The van der Waals surface area contributed by atoms with Crippen molar-refractivity contribution in [2.24, 2.45) is 0 Å². The lowest BCUT2D eigenvalue weighted by molar-refractivity contribution is -0.274. The number of hydrogen-bond acceptors (Lipinski definition) is 6. The number of nitrogens with zero attached hydrogens (tertiary/aromatic N) is 2. The van der Waals surface area contributed by atoms with Crippen molar-refractivity contribution < 1.29 is 17.9 Å². The van der Waals surface area contributed by atoms with Crippen LogP contribution in [0.5, 0.6) is 5.75 Å². The lowest BCUT2D eigenvalue weighted by Gasteiger charge is -2.12. The summed E-state index contributed by atoms with van der Waals surface area (Å²) < 4.78 is 40.6. The van der Waals surface area contributed by atoms with Crippen molar-refractivity contribution in [3.05, 3.63) is 29.8 Å². The van der Waals surface area contributed by atoms with E-state index in [1.165, 1.54) is 35.2 Å². The summed E-state index contributed by atoms with van der Waals surface area (Å²) in [5, 5.41) is 7.98. The minimum atomic E-state index is -4.67. The van der Waals surface area contributed by atoms with Gasteiger partial charge in [-0.1, -0.05) is 35.2 Å². The third-order valence-corrected chi connectivity index (χ3v) is 4.28. The summed E-state index contributed by atoms with van der Waals surface area (Å²) in [6, 6.07) is 5.74. The number of aromatic nitrogens is 2. The standard InChI is InChI=1S/C11H10F3N3OS2/c1-6(19-10-17-16-9(15)20-10)7-2-4-8(5-3-7)18-11(12,13)14/h2-6H,1H3,(H2,15,16)/t6-/m1/s1. The Morgan fingerprint density at radius 2 is 1.90 bits per heavy atom. The first-order valence-corrected chi connectivity index (χ1v) is 7.14. The maximum absolute atomic E-state index is 12.0. The van der Waals surface area contributed by atoms with Crippen LogP contribution in [0.25, 0.3) is 0 Å². The molecule has 1 aromatic heterocycles. The van der Waals surface area contributed by atoms with Gasteiger partial charge in [0.25, 0.3) is 0 Å². The Bertz CT molecular complexity index is 571. The van der Waals surface area contributed by atoms with Crippen LogP contribution in [-0.2, 0) is 0 Å². The van der Waals surface area contributed by atoms with Crippen molar-refractivity contribution in [1.29, 1.82) is 0 Å². The first kappa shape index (κ1) is 14.9. The predicted octanol–water partition coefficient (Wildman–Crippen LogP) is 3.87. The van der Waals surface area contributed by atoms with Crippen molar-refractivity contribution in [2.75, 3.05) is 5.73 Å². The van der Waals surface area contributed by atoms with Crippen LogP contribution in [0.3, 0.4) is 0 Å². The lowest BCUT2D eigenvalue weighted by atomic mass is 10.2. The molecule has 2 rings (SSSR count). The summed E-state index contributed by atoms with van der Waals surface area (Å²) in [4.78, 5) is 0. The highest BCUT2D eigenvalue weighted by Crippen LogP contribution is 2.37. The van der Waals surface area contributed by atoms with Crippen LogP contribution in [0.15, 0.2) is 28.6 Å². The van der Waals surface area contributed by atoms with E-state index in [9.17, 15) is 13.2 Å². The molecule has 1 atom stereocenters. The molecule has 0 spiro atoms. The molecule has 0 radical (unpaired) electrons. The number of halogens is 3. The first-order chi connectivity index (χ1) is 9.33. The van der Waals surface area contributed by atoms with Gasteiger partial charge in [-0.25, -0.2) is 0 Å². The molecule has 0 aliphatic carbocycles. The Labute approximate surface area is 121 Å². The number of rotatable bonds is 4. The van der Waals surface area contributed by atoms with Crippen LogP contribution in [0.4, 0.5) is 18.3 Å². The Balaban J connectivity index is 2.02. The van der Waals surface area contributed by atoms with Crippen molar-refractivity contribution >= 4 is 28.2 Å². The highest BCUT2D eigenvalue weighted by molar-refractivity contribution is 8.01. The predicted molar refractivity (Wildman–Crippen MR) is 71.7 cm³/mol. The molecule has 2 N–H and O–H groups in total. The Hall–Kier alpha value is -1.48. The highest BCUT2D eigenvalue weighted by Gasteiger charge is 2.31. The third-order valence-electron chi connectivity index (χ3n) is 2.28. The van der Waals surface area contributed by atoms with Crippen molar-refractivity contribution in [3.63, 3.8) is 0 Å². The average molecular weight is 321 g/mol. The summed E-state index contributed by atoms with van der Waals surface area (Å²) in [5.41, 5.74) is 6.34. The average Bonchev–Trinajstić information content (AvgIpc) is 2.73. The van der Waals surface area contributed by atoms with Crippen LogP contribution in [0.2, 0.25) is 0 Å². The lowest BCUT2D eigenvalue weighted by Crippen LogP contribution is -2.17. The SMILES string of the molecule is C[C@@H](Sc1nnc(N)s1)c1ccc(OC(F)(F)F)cc1. The zero-order valence-corrected chi connectivity index (χ0v) is 11.9. The van der Waals surface area contributed by atoms with E-state index in [-0.39, 0.29) is 11.0 Å². The topological polar surface area (TPSA) is 61.0 Å². The molecule has 0 saturated heterocycles. The molecular weight excluding hydrogens is 311 g/mol. The maximum Gasteiger partial charge on any atom is 0.573 e. The molecule has 0 unspecified atom stereocenters. The molecule has 9 heteroatoms. The number of nitrogen functional groups attached to an aromatic ring is 1. The van der Waals surface area contributed by atoms with Gasteiger partial charge in [0.05, 0.1) is 0 Å². The minimum Gasteiger partial charge on any atom is -0.406 e. The highest BCUT2D eigenvalue weighted by atomic mass is 32.2. The van der Waals surface area contributed by atoms with E-state index >= 15 is 0 Å². The first-order valence-electron chi connectivity index (χ1n) is 5.45. The zero-order chi connectivity index (χ0) is 14.8. The molecule has 0 aliphatic heterocycles. The van der Waals surface area contributed by atoms with Gasteiger partial charge in [0.2, 0.25) is 5.13 Å². The summed E-state index contributed by atoms with van der Waals surface area (Å²) in [5.74, 6) is -0.237. The van der Waals surface area contributed by atoms with Crippen LogP contribution in [0, 0.1) is 0 Å². The number of alkyl halides is 3. The van der Waals surface area contributed by atoms with Crippen LogP contribution >= 0.6 is 23.1 Å². The van der Waals surface area contributed by atoms with Crippen molar-refractivity contribution in [1.82, 2.24) is 10.2 Å². The van der Waals surface area contributed by atoms with Gasteiger partial charge in [-0.15, -0.1) is 23.4 Å². The number of benzene rings is 1. The zero-order valence-electron chi connectivity index (χ0n) is 10.2. The van der Waals surface area contributed by atoms with Gasteiger partial charge >= 0.3 is 6.36 Å². The summed E-state index contributed by atoms with van der Waals surface area (Å²) >= 11 is 2.71. The molecular formula is C11H10F3N3OS2. The number of hydrogen-bond donors (Lipinski definition) is 1. The van der Waals surface area contributed by atoms with E-state index in [4.69, 9.17) is 5.73 Å². The Kier molecular flexibility index (Phi) is 4.39. The molecule has 0 fully saturated rings. The third kappa shape index (κ3) is 4.27. The van der Waals surface area contributed by atoms with E-state index in [1.54, 1.807) is 12.1 Å². The van der Waals surface area contributed by atoms with Crippen LogP contribution in [0.1, 0.15) is 17.7 Å². The van der Waals surface area contributed by atoms with E-state index in [0.717, 1.165) is 5.56 Å². The molecule has 0 aliphatic rings. The van der Waals surface area contributed by atoms with E-state index < -0.39 is 6.36 Å². The molecule has 1 aromatic carbocycles. The van der Waals surface area contributed by atoms with Gasteiger partial charge < -0.3 is 10.5 Å². The summed E-state index contributed by atoms with van der Waals surface area (Å²) in [7, 11) is 0. The fourth-order valence-corrected chi connectivity index (χ4v) is 3.34. The quantitative estimate of drug-likeness (QED) is 0.866. The molecule has 0 bridgehead atoms. The normalized spacial score (nSPS) is 13.2. The second kappa shape index (κ2) is 5.88. The molecule has 0 amide bonds. The Morgan fingerprint density at radius 1 is 1.25 bits per heavy atom. The van der Waals surface area contributed by atoms with Crippen molar-refractivity contribution in [3.8, 4) is 5.75 Å². The second-order valence-electron chi connectivity index (χ2n) is 3.78. The summed E-state index contributed by atoms with van der Waals surface area (Å²) in [6.07, 6.45) is -4.67. The van der Waals surface area contributed by atoms with E-state index in [2.05, 4.69) is 14.9 Å². The number of anilines is 1. The monoisotopic (exact) mass is 321 g/mol. The fraction of sp³-hybridized carbons (Fsp3) is 0.273. The van der Waals surface area contributed by atoms with Gasteiger partial charge in [0.15, 0.2) is 4.34 Å². The molecule has 20 heavy (non-hydrogen) atoms. The molecule has 0 saturated carbocycles. The minimum absolute atomic E-state index is 0.0160. The van der Waals surface area contributed by atoms with Gasteiger partial charge in [-0.3, -0.25) is 0 Å². The summed E-state index contributed by atoms with van der Waals surface area (Å²) in [6.45, 7) is 1.92. The molecule has 1 heterocycles. The van der Waals surface area contributed by atoms with E-state index in [0.29, 0.717) is 9.47 Å². The van der Waals surface area contributed by atoms with Gasteiger partial charge in [0, 0.05) is 5.25 Å². The van der Waals surface area contributed by atoms with Gasteiger partial charge in [0.1, 0.15) is 5.75 Å². The maximum atomic E-state index is 12.0. The largest absolute Gasteiger partial charge is 0.573 e. The van der Waals surface area contributed by atoms with Gasteiger partial charge in [-0.2, -0.15) is 0 Å². The number of nitrogens with two attached hydrogens (primary N) is 1. The number of ether oxygens (including phenoxy) is 1. The fourth-order valence-electron chi connectivity index (χ4n) is 1.43. The number of thioether (sulfide) groups is 1. The van der Waals surface area contributed by atoms with E-state index in [1.807, 2.05) is 6.92 Å². The second-order valence-corrected chi connectivity index (χ2v) is 6.38. The molecule has 2 aromatic rings. The Morgan fingerprint density at radius 3 is 2.40 bits per heavy atom. The molecule has 108 valence electrons.